The molecule has 2 heterocycles. The number of benzene rings is 2. The molecule has 1 aliphatic rings. The fourth-order valence-corrected chi connectivity index (χ4v) is 5.75. The minimum Gasteiger partial charge on any atom is -0.312 e. The summed E-state index contributed by atoms with van der Waals surface area (Å²) in [5.41, 5.74) is 1.79. The van der Waals surface area contributed by atoms with Crippen LogP contribution < -0.4 is 14.5 Å². The summed E-state index contributed by atoms with van der Waals surface area (Å²) in [6.07, 6.45) is 1.31. The van der Waals surface area contributed by atoms with Gasteiger partial charge in [0.05, 0.1) is 20.8 Å². The summed E-state index contributed by atoms with van der Waals surface area (Å²) in [6.45, 7) is 4.47. The van der Waals surface area contributed by atoms with Gasteiger partial charge in [-0.25, -0.2) is 8.42 Å². The van der Waals surface area contributed by atoms with Crippen molar-refractivity contribution in [1.82, 2.24) is 4.57 Å². The lowest BCUT2D eigenvalue weighted by Crippen LogP contribution is -2.23. The van der Waals surface area contributed by atoms with Crippen LogP contribution in [0, 0.1) is 0 Å². The van der Waals surface area contributed by atoms with E-state index in [2.05, 4.69) is 4.72 Å². The van der Waals surface area contributed by atoms with Crippen LogP contribution in [0.1, 0.15) is 32.7 Å². The molecule has 1 amide bonds. The molecule has 1 fully saturated rings. The van der Waals surface area contributed by atoms with Crippen LogP contribution in [0.5, 0.6) is 0 Å². The summed E-state index contributed by atoms with van der Waals surface area (Å²) in [4.78, 5) is 25.8. The molecule has 3 aromatic rings. The molecule has 0 saturated carbocycles. The van der Waals surface area contributed by atoms with Gasteiger partial charge in [-0.15, -0.1) is 0 Å². The number of fused-ring (bicyclic) bond motifs is 1. The fourth-order valence-electron chi connectivity index (χ4n) is 3.55. The van der Waals surface area contributed by atoms with Gasteiger partial charge in [-0.1, -0.05) is 17.4 Å². The first-order valence-corrected chi connectivity index (χ1v) is 11.6. The number of thiazole rings is 1. The zero-order valence-corrected chi connectivity index (χ0v) is 17.7. The molecule has 0 aliphatic carbocycles. The van der Waals surface area contributed by atoms with Gasteiger partial charge in [-0.3, -0.25) is 18.9 Å². The number of carbonyl (C=O) groups excluding carboxylic acids is 1. The van der Waals surface area contributed by atoms with E-state index in [1.54, 1.807) is 39.8 Å². The molecule has 2 aromatic carbocycles. The predicted molar refractivity (Wildman–Crippen MR) is 115 cm³/mol. The molecule has 0 unspecified atom stereocenters. The molecule has 29 heavy (non-hydrogen) atoms. The Morgan fingerprint density at radius 2 is 1.90 bits per heavy atom. The van der Waals surface area contributed by atoms with Crippen LogP contribution in [0.25, 0.3) is 10.2 Å². The Bertz CT molecular complexity index is 1260. The lowest BCUT2D eigenvalue weighted by atomic mass is 10.2. The largest absolute Gasteiger partial charge is 0.312 e. The van der Waals surface area contributed by atoms with Crippen molar-refractivity contribution in [1.29, 1.82) is 0 Å². The highest BCUT2D eigenvalue weighted by molar-refractivity contribution is 7.92. The van der Waals surface area contributed by atoms with E-state index in [4.69, 9.17) is 0 Å². The smallest absolute Gasteiger partial charge is 0.308 e. The lowest BCUT2D eigenvalue weighted by Gasteiger charge is -2.17. The van der Waals surface area contributed by atoms with Gasteiger partial charge in [-0.05, 0) is 56.7 Å². The zero-order chi connectivity index (χ0) is 20.8. The molecule has 1 N–H and O–H groups in total. The molecule has 7 nitrogen and oxygen atoms in total. The van der Waals surface area contributed by atoms with Crippen molar-refractivity contribution in [2.24, 2.45) is 0 Å². The van der Waals surface area contributed by atoms with Crippen molar-refractivity contribution >= 4 is 48.9 Å². The van der Waals surface area contributed by atoms with Crippen LogP contribution in [-0.4, -0.2) is 25.4 Å². The maximum Gasteiger partial charge on any atom is 0.308 e. The number of hydrogen-bond donors (Lipinski definition) is 1. The second kappa shape index (κ2) is 7.31. The van der Waals surface area contributed by atoms with Gasteiger partial charge in [0.15, 0.2) is 0 Å². The van der Waals surface area contributed by atoms with E-state index in [-0.39, 0.29) is 21.7 Å². The topological polar surface area (TPSA) is 88.5 Å². The third kappa shape index (κ3) is 3.67. The summed E-state index contributed by atoms with van der Waals surface area (Å²) in [5.74, 6) is 0.0417. The third-order valence-electron chi connectivity index (χ3n) is 4.89. The second-order valence-electron chi connectivity index (χ2n) is 7.27. The number of nitrogens with one attached hydrogen (secondary N) is 1. The number of rotatable bonds is 5. The molecule has 0 atom stereocenters. The van der Waals surface area contributed by atoms with Gasteiger partial charge in [0.1, 0.15) is 0 Å². The Balaban J connectivity index is 1.66. The Hall–Kier alpha value is -2.65. The maximum absolute atomic E-state index is 12.9. The van der Waals surface area contributed by atoms with Gasteiger partial charge in [0, 0.05) is 24.7 Å². The second-order valence-corrected chi connectivity index (χ2v) is 9.94. The van der Waals surface area contributed by atoms with E-state index < -0.39 is 10.0 Å². The average Bonchev–Trinajstić information content (AvgIpc) is 3.22. The highest BCUT2D eigenvalue weighted by Gasteiger charge is 2.23. The normalized spacial score (nSPS) is 14.9. The van der Waals surface area contributed by atoms with Gasteiger partial charge in [-0.2, -0.15) is 0 Å². The van der Waals surface area contributed by atoms with Crippen LogP contribution in [0.15, 0.2) is 52.2 Å². The van der Waals surface area contributed by atoms with Gasteiger partial charge < -0.3 is 4.90 Å². The summed E-state index contributed by atoms with van der Waals surface area (Å²) in [7, 11) is -3.84. The number of anilines is 2. The van der Waals surface area contributed by atoms with E-state index >= 15 is 0 Å². The molecule has 1 saturated heterocycles. The minimum absolute atomic E-state index is 0.00660. The van der Waals surface area contributed by atoms with E-state index in [1.807, 2.05) is 13.8 Å². The van der Waals surface area contributed by atoms with Crippen molar-refractivity contribution < 1.29 is 13.2 Å². The Morgan fingerprint density at radius 3 is 2.59 bits per heavy atom. The number of amides is 1. The number of aromatic nitrogens is 1. The van der Waals surface area contributed by atoms with Gasteiger partial charge >= 0.3 is 4.87 Å². The molecule has 0 bridgehead atoms. The molecule has 0 spiro atoms. The molecule has 152 valence electrons. The Morgan fingerprint density at radius 1 is 1.10 bits per heavy atom. The zero-order valence-electron chi connectivity index (χ0n) is 16.1. The lowest BCUT2D eigenvalue weighted by molar-refractivity contribution is -0.117. The first-order chi connectivity index (χ1) is 13.8. The minimum atomic E-state index is -3.84. The predicted octanol–water partition coefficient (Wildman–Crippen LogP) is 3.57. The van der Waals surface area contributed by atoms with Crippen molar-refractivity contribution in [2.75, 3.05) is 16.2 Å². The van der Waals surface area contributed by atoms with E-state index in [0.29, 0.717) is 29.0 Å². The number of sulfonamides is 1. The van der Waals surface area contributed by atoms with Crippen molar-refractivity contribution in [3.63, 3.8) is 0 Å². The average molecular weight is 432 g/mol. The first-order valence-electron chi connectivity index (χ1n) is 9.34. The SMILES string of the molecule is CC(C)n1c(=O)sc2cc(S(=O)(=O)Nc3cccc(N4CCCC4=O)c3)ccc21. The highest BCUT2D eigenvalue weighted by Crippen LogP contribution is 2.28. The molecular formula is C20H21N3O4S2. The number of carbonyl (C=O) groups is 1. The summed E-state index contributed by atoms with van der Waals surface area (Å²) < 4.78 is 30.6. The van der Waals surface area contributed by atoms with Crippen LogP contribution in [0.4, 0.5) is 11.4 Å². The van der Waals surface area contributed by atoms with E-state index in [1.165, 1.54) is 12.1 Å². The Labute approximate surface area is 172 Å². The molecular weight excluding hydrogens is 410 g/mol. The number of nitrogens with zero attached hydrogens (tertiary/aromatic N) is 2. The summed E-state index contributed by atoms with van der Waals surface area (Å²) >= 11 is 1.03. The van der Waals surface area contributed by atoms with Crippen LogP contribution >= 0.6 is 11.3 Å². The fraction of sp³-hybridized carbons (Fsp3) is 0.300. The Kier molecular flexibility index (Phi) is 4.95. The molecule has 0 radical (unpaired) electrons. The van der Waals surface area contributed by atoms with Crippen LogP contribution in [-0.2, 0) is 14.8 Å². The number of hydrogen-bond acceptors (Lipinski definition) is 5. The molecule has 1 aliphatic heterocycles. The van der Waals surface area contributed by atoms with Gasteiger partial charge in [0.25, 0.3) is 10.0 Å². The first kappa shape index (κ1) is 19.7. The van der Waals surface area contributed by atoms with Crippen LogP contribution in [0.3, 0.4) is 0 Å². The third-order valence-corrected chi connectivity index (χ3v) is 7.19. The van der Waals surface area contributed by atoms with Crippen molar-refractivity contribution in [2.45, 2.75) is 37.6 Å². The standard InChI is InChI=1S/C20H21N3O4S2/c1-13(2)23-17-9-8-16(12-18(17)28-20(23)25)29(26,27)21-14-5-3-6-15(11-14)22-10-4-7-19(22)24/h3,5-6,8-9,11-13,21H,4,7,10H2,1-2H3. The quantitative estimate of drug-likeness (QED) is 0.669. The maximum atomic E-state index is 12.9. The van der Waals surface area contributed by atoms with Gasteiger partial charge in [0.2, 0.25) is 5.91 Å². The summed E-state index contributed by atoms with van der Waals surface area (Å²) in [5, 5.41) is 0. The van der Waals surface area contributed by atoms with E-state index in [9.17, 15) is 18.0 Å². The van der Waals surface area contributed by atoms with Crippen LogP contribution in [0.2, 0.25) is 0 Å². The summed E-state index contributed by atoms with van der Waals surface area (Å²) in [6, 6.07) is 11.5. The van der Waals surface area contributed by atoms with E-state index in [0.717, 1.165) is 23.3 Å². The monoisotopic (exact) mass is 431 g/mol. The van der Waals surface area contributed by atoms with Crippen molar-refractivity contribution in [3.05, 3.63) is 52.1 Å². The molecule has 9 heteroatoms. The van der Waals surface area contributed by atoms with Crippen molar-refractivity contribution in [3.8, 4) is 0 Å². The molecule has 4 rings (SSSR count). The highest BCUT2D eigenvalue weighted by atomic mass is 32.2. The molecule has 1 aromatic heterocycles.